The van der Waals surface area contributed by atoms with Gasteiger partial charge in [0, 0.05) is 11.4 Å². The highest BCUT2D eigenvalue weighted by Crippen LogP contribution is 2.14. The Morgan fingerprint density at radius 3 is 2.07 bits per heavy atom. The molecule has 0 amide bonds. The molecule has 0 saturated carbocycles. The molecule has 1 aromatic rings. The number of rotatable bonds is 4. The summed E-state index contributed by atoms with van der Waals surface area (Å²) in [5, 5.41) is 3.11. The summed E-state index contributed by atoms with van der Waals surface area (Å²) in [6.45, 7) is 4.94. The molecule has 0 fully saturated rings. The van der Waals surface area contributed by atoms with Crippen LogP contribution in [0, 0.1) is 0 Å². The van der Waals surface area contributed by atoms with Crippen LogP contribution in [0.25, 0.3) is 0 Å². The van der Waals surface area contributed by atoms with Gasteiger partial charge in [0.2, 0.25) is 0 Å². The second-order valence-electron chi connectivity index (χ2n) is 2.48. The molecule has 2 nitrogen and oxygen atoms in total. The molecule has 2 N–H and O–H groups in total. The maximum atomic E-state index is 3.11. The van der Waals surface area contributed by atoms with Crippen molar-refractivity contribution in [1.82, 2.24) is 10.0 Å². The summed E-state index contributed by atoms with van der Waals surface area (Å²) < 4.78 is 3.04. The maximum Gasteiger partial charge on any atom is 0.0228 e. The Hall–Kier alpha value is -0.510. The zero-order valence-electron chi connectivity index (χ0n) is 9.42. The Kier molecular flexibility index (Phi) is 8.73. The van der Waals surface area contributed by atoms with Gasteiger partial charge in [0.1, 0.15) is 0 Å². The average molecular weight is 212 g/mol. The molecule has 0 bridgehead atoms. The first kappa shape index (κ1) is 13.5. The zero-order valence-corrected chi connectivity index (χ0v) is 10.2. The molecule has 0 aliphatic rings. The number of nitrogens with one attached hydrogen (secondary N) is 2. The molecule has 3 heteroatoms. The fourth-order valence-corrected chi connectivity index (χ4v) is 1.51. The van der Waals surface area contributed by atoms with E-state index in [-0.39, 0.29) is 0 Å². The standard InChI is InChI=1S/C9H14N2S.C2H6/c1-10-7-8-3-5-9(6-4-8)12-11-2;1-2/h3-6,10-11H,7H2,1-2H3;1-2H3. The maximum absolute atomic E-state index is 3.11. The number of benzene rings is 1. The van der Waals surface area contributed by atoms with E-state index in [2.05, 4.69) is 34.3 Å². The van der Waals surface area contributed by atoms with Crippen LogP contribution in [-0.2, 0) is 6.54 Å². The molecule has 0 aliphatic heterocycles. The number of hydrogen-bond donors (Lipinski definition) is 2. The molecule has 0 unspecified atom stereocenters. The van der Waals surface area contributed by atoms with Gasteiger partial charge in [0.25, 0.3) is 0 Å². The summed E-state index contributed by atoms with van der Waals surface area (Å²) in [6.07, 6.45) is 0. The molecular weight excluding hydrogens is 192 g/mol. The Balaban J connectivity index is 0.000000791. The van der Waals surface area contributed by atoms with Crippen molar-refractivity contribution in [2.24, 2.45) is 0 Å². The molecule has 1 rings (SSSR count). The summed E-state index contributed by atoms with van der Waals surface area (Å²) in [4.78, 5) is 1.25. The quantitative estimate of drug-likeness (QED) is 0.750. The van der Waals surface area contributed by atoms with E-state index in [0.29, 0.717) is 0 Å². The highest BCUT2D eigenvalue weighted by atomic mass is 32.2. The SMILES string of the molecule is CC.CNCc1ccc(SNC)cc1. The summed E-state index contributed by atoms with van der Waals surface area (Å²) in [5.41, 5.74) is 1.32. The Labute approximate surface area is 91.6 Å². The minimum atomic E-state index is 0.935. The molecule has 0 atom stereocenters. The number of hydrogen-bond acceptors (Lipinski definition) is 3. The fourth-order valence-electron chi connectivity index (χ4n) is 0.997. The second kappa shape index (κ2) is 9.06. The normalized spacial score (nSPS) is 9.14. The topological polar surface area (TPSA) is 24.1 Å². The third-order valence-corrected chi connectivity index (χ3v) is 2.24. The molecule has 0 spiro atoms. The van der Waals surface area contributed by atoms with Crippen molar-refractivity contribution in [2.75, 3.05) is 14.1 Å². The van der Waals surface area contributed by atoms with Crippen molar-refractivity contribution in [3.8, 4) is 0 Å². The molecule has 14 heavy (non-hydrogen) atoms. The van der Waals surface area contributed by atoms with Crippen molar-refractivity contribution < 1.29 is 0 Å². The van der Waals surface area contributed by atoms with E-state index in [4.69, 9.17) is 0 Å². The van der Waals surface area contributed by atoms with Gasteiger partial charge in [0.05, 0.1) is 0 Å². The fraction of sp³-hybridized carbons (Fsp3) is 0.455. The van der Waals surface area contributed by atoms with E-state index in [9.17, 15) is 0 Å². The van der Waals surface area contributed by atoms with Crippen LogP contribution in [0.1, 0.15) is 19.4 Å². The van der Waals surface area contributed by atoms with Crippen molar-refractivity contribution in [3.05, 3.63) is 29.8 Å². The lowest BCUT2D eigenvalue weighted by atomic mass is 10.2. The summed E-state index contributed by atoms with van der Waals surface area (Å²) in [5.74, 6) is 0. The van der Waals surface area contributed by atoms with Crippen molar-refractivity contribution >= 4 is 11.9 Å². The van der Waals surface area contributed by atoms with Crippen LogP contribution in [0.5, 0.6) is 0 Å². The lowest BCUT2D eigenvalue weighted by molar-refractivity contribution is 0.817. The van der Waals surface area contributed by atoms with Crippen LogP contribution < -0.4 is 10.0 Å². The summed E-state index contributed by atoms with van der Waals surface area (Å²) in [6, 6.07) is 8.51. The Morgan fingerprint density at radius 1 is 1.07 bits per heavy atom. The molecule has 0 radical (unpaired) electrons. The molecule has 0 aliphatic carbocycles. The first-order chi connectivity index (χ1) is 6.86. The van der Waals surface area contributed by atoms with Crippen LogP contribution in [0.3, 0.4) is 0 Å². The largest absolute Gasteiger partial charge is 0.316 e. The van der Waals surface area contributed by atoms with E-state index in [1.807, 2.05) is 27.9 Å². The predicted octanol–water partition coefficient (Wildman–Crippen LogP) is 2.66. The van der Waals surface area contributed by atoms with Crippen molar-refractivity contribution in [3.63, 3.8) is 0 Å². The molecule has 0 saturated heterocycles. The second-order valence-corrected chi connectivity index (χ2v) is 3.56. The third kappa shape index (κ3) is 5.27. The van der Waals surface area contributed by atoms with Crippen molar-refractivity contribution in [2.45, 2.75) is 25.3 Å². The van der Waals surface area contributed by atoms with Gasteiger partial charge in [-0.1, -0.05) is 26.0 Å². The van der Waals surface area contributed by atoms with Gasteiger partial charge in [0.15, 0.2) is 0 Å². The first-order valence-corrected chi connectivity index (χ1v) is 5.75. The Bertz CT molecular complexity index is 196. The van der Waals surface area contributed by atoms with Gasteiger partial charge in [-0.25, -0.2) is 0 Å². The highest BCUT2D eigenvalue weighted by Gasteiger charge is 1.92. The van der Waals surface area contributed by atoms with E-state index < -0.39 is 0 Å². The van der Waals surface area contributed by atoms with Gasteiger partial charge >= 0.3 is 0 Å². The van der Waals surface area contributed by atoms with Crippen LogP contribution in [0.15, 0.2) is 29.2 Å². The van der Waals surface area contributed by atoms with Crippen molar-refractivity contribution in [1.29, 1.82) is 0 Å². The minimum absolute atomic E-state index is 0.935. The van der Waals surface area contributed by atoms with Gasteiger partial charge in [-0.05, 0) is 43.7 Å². The zero-order chi connectivity index (χ0) is 10.8. The van der Waals surface area contributed by atoms with Crippen LogP contribution in [0.2, 0.25) is 0 Å². The van der Waals surface area contributed by atoms with E-state index >= 15 is 0 Å². The average Bonchev–Trinajstić information content (AvgIpc) is 2.25. The molecule has 0 heterocycles. The molecule has 80 valence electrons. The highest BCUT2D eigenvalue weighted by molar-refractivity contribution is 7.97. The lowest BCUT2D eigenvalue weighted by Crippen LogP contribution is -2.04. The van der Waals surface area contributed by atoms with Crippen LogP contribution in [-0.4, -0.2) is 14.1 Å². The smallest absolute Gasteiger partial charge is 0.0228 e. The first-order valence-electron chi connectivity index (χ1n) is 4.94. The third-order valence-electron chi connectivity index (χ3n) is 1.52. The lowest BCUT2D eigenvalue weighted by Gasteiger charge is -2.01. The van der Waals surface area contributed by atoms with Crippen LogP contribution in [0.4, 0.5) is 0 Å². The van der Waals surface area contributed by atoms with Gasteiger partial charge in [-0.15, -0.1) is 0 Å². The van der Waals surface area contributed by atoms with E-state index in [1.165, 1.54) is 10.5 Å². The summed E-state index contributed by atoms with van der Waals surface area (Å²) >= 11 is 1.63. The monoisotopic (exact) mass is 212 g/mol. The molecular formula is C11H20N2S. The van der Waals surface area contributed by atoms with Gasteiger partial charge in [-0.3, -0.25) is 4.72 Å². The molecule has 1 aromatic carbocycles. The minimum Gasteiger partial charge on any atom is -0.316 e. The van der Waals surface area contributed by atoms with E-state index in [1.54, 1.807) is 11.9 Å². The van der Waals surface area contributed by atoms with E-state index in [0.717, 1.165) is 6.54 Å². The molecule has 0 aromatic heterocycles. The summed E-state index contributed by atoms with van der Waals surface area (Å²) in [7, 11) is 3.88. The van der Waals surface area contributed by atoms with Crippen LogP contribution >= 0.6 is 11.9 Å². The Morgan fingerprint density at radius 2 is 1.64 bits per heavy atom. The predicted molar refractivity (Wildman–Crippen MR) is 65.5 cm³/mol. The van der Waals surface area contributed by atoms with Gasteiger partial charge in [-0.2, -0.15) is 0 Å². The van der Waals surface area contributed by atoms with Gasteiger partial charge < -0.3 is 5.32 Å².